The van der Waals surface area contributed by atoms with Gasteiger partial charge in [-0.3, -0.25) is 4.21 Å². The summed E-state index contributed by atoms with van der Waals surface area (Å²) in [5, 5.41) is -4.64. The molecule has 0 aromatic carbocycles. The van der Waals surface area contributed by atoms with Crippen molar-refractivity contribution in [3.05, 3.63) is 0 Å². The number of esters is 1. The Balaban J connectivity index is 2.15. The first-order valence-corrected chi connectivity index (χ1v) is 8.43. The van der Waals surface area contributed by atoms with Gasteiger partial charge in [0.2, 0.25) is 6.17 Å². The molecular formula is C14H20F3O6S-. The van der Waals surface area contributed by atoms with E-state index in [1.54, 1.807) is 13.8 Å². The number of fused-ring (bicyclic) bond motifs is 2. The summed E-state index contributed by atoms with van der Waals surface area (Å²) in [6.45, 7) is 4.05. The minimum atomic E-state index is -4.64. The van der Waals surface area contributed by atoms with Crippen LogP contribution in [0.2, 0.25) is 0 Å². The molecule has 0 aromatic heterocycles. The Bertz CT molecular complexity index is 557. The lowest BCUT2D eigenvalue weighted by Crippen LogP contribution is -2.50. The Kier molecular flexibility index (Phi) is 4.84. The summed E-state index contributed by atoms with van der Waals surface area (Å²) in [6, 6.07) is 0. The zero-order valence-corrected chi connectivity index (χ0v) is 14.6. The number of carbonyl (C=O) groups is 1. The Morgan fingerprint density at radius 2 is 2.00 bits per heavy atom. The van der Waals surface area contributed by atoms with Gasteiger partial charge in [0.25, 0.3) is 0 Å². The van der Waals surface area contributed by atoms with Gasteiger partial charge in [0.1, 0.15) is 6.61 Å². The molecule has 10 heteroatoms. The average molecular weight is 373 g/mol. The monoisotopic (exact) mass is 373 g/mol. The van der Waals surface area contributed by atoms with E-state index < -0.39 is 57.8 Å². The van der Waals surface area contributed by atoms with Gasteiger partial charge in [-0.25, -0.2) is 9.18 Å². The first kappa shape index (κ1) is 19.6. The van der Waals surface area contributed by atoms with Crippen molar-refractivity contribution in [3.8, 4) is 0 Å². The number of carbonyl (C=O) groups excluding carboxylic acids is 1. The standard InChI is InChI=1S/C14H21F3O6S/c1-11(2)12(3)5-6-13(11,23-10(12)21-4)9(18)22-7-8(15)14(16,17)24(19)20/h8,10H,5-7H2,1-4H3,(H,19,20)/p-1. The SMILES string of the molecule is COC1OC2(C(=O)OCC(F)C(F)(F)S(=O)[O-])CCC1(C)C2(C)C. The van der Waals surface area contributed by atoms with Crippen molar-refractivity contribution in [1.82, 2.24) is 0 Å². The topological polar surface area (TPSA) is 84.9 Å². The van der Waals surface area contributed by atoms with Crippen molar-refractivity contribution in [2.45, 2.75) is 56.9 Å². The van der Waals surface area contributed by atoms with Gasteiger partial charge in [0, 0.05) is 29.0 Å². The van der Waals surface area contributed by atoms with E-state index in [1.165, 1.54) is 7.11 Å². The maximum absolute atomic E-state index is 13.4. The van der Waals surface area contributed by atoms with Crippen molar-refractivity contribution >= 4 is 17.0 Å². The number of halogens is 3. The number of ether oxygens (including phenoxy) is 3. The Morgan fingerprint density at radius 1 is 1.42 bits per heavy atom. The molecular weight excluding hydrogens is 353 g/mol. The third-order valence-corrected chi connectivity index (χ3v) is 6.45. The number of methoxy groups -OCH3 is 1. The van der Waals surface area contributed by atoms with Crippen LogP contribution in [0.15, 0.2) is 0 Å². The van der Waals surface area contributed by atoms with Crippen LogP contribution in [-0.2, 0) is 30.1 Å². The fraction of sp³-hybridized carbons (Fsp3) is 0.929. The molecule has 1 saturated carbocycles. The lowest BCUT2D eigenvalue weighted by atomic mass is 9.66. The lowest BCUT2D eigenvalue weighted by molar-refractivity contribution is -0.221. The van der Waals surface area contributed by atoms with E-state index in [9.17, 15) is 26.7 Å². The highest BCUT2D eigenvalue weighted by atomic mass is 32.2. The largest absolute Gasteiger partial charge is 0.768 e. The summed E-state index contributed by atoms with van der Waals surface area (Å²) < 4.78 is 75.9. The maximum atomic E-state index is 13.4. The van der Waals surface area contributed by atoms with Crippen LogP contribution in [0.4, 0.5) is 13.2 Å². The van der Waals surface area contributed by atoms with Crippen molar-refractivity contribution < 1.29 is 40.9 Å². The van der Waals surface area contributed by atoms with E-state index >= 15 is 0 Å². The third-order valence-electron chi connectivity index (χ3n) is 5.75. The molecule has 2 bridgehead atoms. The Hall–Kier alpha value is -0.710. The molecule has 1 heterocycles. The summed E-state index contributed by atoms with van der Waals surface area (Å²) in [4.78, 5) is 12.5. The molecule has 24 heavy (non-hydrogen) atoms. The van der Waals surface area contributed by atoms with Gasteiger partial charge in [-0.05, 0) is 12.8 Å². The smallest absolute Gasteiger partial charge is 0.343 e. The minimum absolute atomic E-state index is 0.274. The van der Waals surface area contributed by atoms with Crippen molar-refractivity contribution in [3.63, 3.8) is 0 Å². The number of alkyl halides is 3. The molecule has 0 spiro atoms. The Labute approximate surface area is 140 Å². The predicted octanol–water partition coefficient (Wildman–Crippen LogP) is 1.91. The second-order valence-corrected chi connectivity index (χ2v) is 7.93. The van der Waals surface area contributed by atoms with Gasteiger partial charge in [0.15, 0.2) is 11.9 Å². The Morgan fingerprint density at radius 3 is 2.46 bits per heavy atom. The number of rotatable bonds is 6. The van der Waals surface area contributed by atoms with Crippen molar-refractivity contribution in [1.29, 1.82) is 0 Å². The molecule has 5 atom stereocenters. The molecule has 5 unspecified atom stereocenters. The fourth-order valence-electron chi connectivity index (χ4n) is 3.63. The molecule has 1 saturated heterocycles. The molecule has 1 aliphatic heterocycles. The summed E-state index contributed by atoms with van der Waals surface area (Å²) in [5.74, 6) is -0.995. The van der Waals surface area contributed by atoms with Gasteiger partial charge in [0.05, 0.1) is 0 Å². The lowest BCUT2D eigenvalue weighted by Gasteiger charge is -2.37. The molecule has 0 aromatic rings. The van der Waals surface area contributed by atoms with Crippen LogP contribution < -0.4 is 0 Å². The maximum Gasteiger partial charge on any atom is 0.343 e. The average Bonchev–Trinajstić information content (AvgIpc) is 2.81. The number of hydrogen-bond donors (Lipinski definition) is 0. The zero-order chi connectivity index (χ0) is 18.6. The molecule has 1 aliphatic carbocycles. The van der Waals surface area contributed by atoms with Crippen molar-refractivity contribution in [2.75, 3.05) is 13.7 Å². The van der Waals surface area contributed by atoms with Crippen LogP contribution in [0.25, 0.3) is 0 Å². The van der Waals surface area contributed by atoms with E-state index in [-0.39, 0.29) is 6.42 Å². The fourth-order valence-corrected chi connectivity index (χ4v) is 3.91. The summed E-state index contributed by atoms with van der Waals surface area (Å²) >= 11 is -3.96. The van der Waals surface area contributed by atoms with Gasteiger partial charge >= 0.3 is 11.2 Å². The molecule has 0 amide bonds. The third kappa shape index (κ3) is 2.41. The molecule has 6 nitrogen and oxygen atoms in total. The molecule has 2 aliphatic rings. The molecule has 140 valence electrons. The van der Waals surface area contributed by atoms with Gasteiger partial charge in [-0.15, -0.1) is 0 Å². The van der Waals surface area contributed by atoms with Crippen molar-refractivity contribution in [2.24, 2.45) is 10.8 Å². The van der Waals surface area contributed by atoms with Crippen LogP contribution >= 0.6 is 0 Å². The van der Waals surface area contributed by atoms with Crippen LogP contribution in [0.5, 0.6) is 0 Å². The highest BCUT2D eigenvalue weighted by Crippen LogP contribution is 2.68. The van der Waals surface area contributed by atoms with Crippen LogP contribution in [-0.4, -0.2) is 51.8 Å². The highest BCUT2D eigenvalue weighted by Gasteiger charge is 2.75. The minimum Gasteiger partial charge on any atom is -0.768 e. The van der Waals surface area contributed by atoms with Gasteiger partial charge in [-0.1, -0.05) is 20.8 Å². The van der Waals surface area contributed by atoms with Gasteiger partial charge in [-0.2, -0.15) is 8.78 Å². The molecule has 0 radical (unpaired) electrons. The first-order valence-electron chi connectivity index (χ1n) is 7.36. The van der Waals surface area contributed by atoms with E-state index in [0.29, 0.717) is 6.42 Å². The highest BCUT2D eigenvalue weighted by molar-refractivity contribution is 7.80. The number of hydrogen-bond acceptors (Lipinski definition) is 6. The van der Waals surface area contributed by atoms with Gasteiger partial charge < -0.3 is 18.8 Å². The van der Waals surface area contributed by atoms with Crippen LogP contribution in [0, 0.1) is 10.8 Å². The van der Waals surface area contributed by atoms with E-state index in [0.717, 1.165) is 0 Å². The van der Waals surface area contributed by atoms with E-state index in [4.69, 9.17) is 9.47 Å². The molecule has 2 fully saturated rings. The van der Waals surface area contributed by atoms with Crippen LogP contribution in [0.3, 0.4) is 0 Å². The predicted molar refractivity (Wildman–Crippen MR) is 75.5 cm³/mol. The summed E-state index contributed by atoms with van der Waals surface area (Å²) in [5.41, 5.74) is -2.70. The van der Waals surface area contributed by atoms with E-state index in [1.807, 2.05) is 6.92 Å². The molecule has 0 N–H and O–H groups in total. The summed E-state index contributed by atoms with van der Waals surface area (Å²) in [6.07, 6.45) is -3.00. The molecule has 2 rings (SSSR count). The normalized spacial score (nSPS) is 37.2. The first-order chi connectivity index (χ1) is 10.9. The van der Waals surface area contributed by atoms with Crippen LogP contribution in [0.1, 0.15) is 33.6 Å². The second kappa shape index (κ2) is 5.93. The van der Waals surface area contributed by atoms with E-state index in [2.05, 4.69) is 4.74 Å². The second-order valence-electron chi connectivity index (χ2n) is 6.92. The quantitative estimate of drug-likeness (QED) is 0.522. The summed E-state index contributed by atoms with van der Waals surface area (Å²) in [7, 11) is 1.42. The zero-order valence-electron chi connectivity index (χ0n) is 13.8.